The molecule has 2 rings (SSSR count). The fraction of sp³-hybridized carbons (Fsp3) is 0.263. The molecule has 0 spiro atoms. The molecule has 0 aliphatic rings. The third kappa shape index (κ3) is 6.49. The molecule has 0 bridgehead atoms. The van der Waals surface area contributed by atoms with Crippen molar-refractivity contribution in [1.82, 2.24) is 5.32 Å². The van der Waals surface area contributed by atoms with Crippen LogP contribution in [0.4, 0.5) is 13.2 Å². The van der Waals surface area contributed by atoms with Crippen LogP contribution in [0.5, 0.6) is 0 Å². The molecule has 3 N–H and O–H groups in total. The van der Waals surface area contributed by atoms with Crippen molar-refractivity contribution in [3.8, 4) is 0 Å². The number of alkyl halides is 3. The third-order valence-electron chi connectivity index (χ3n) is 3.92. The molecule has 2 amide bonds. The van der Waals surface area contributed by atoms with Crippen LogP contribution in [0.2, 0.25) is 0 Å². The first-order valence-electron chi connectivity index (χ1n) is 8.35. The van der Waals surface area contributed by atoms with Gasteiger partial charge in [0.05, 0.1) is 22.8 Å². The highest BCUT2D eigenvalue weighted by molar-refractivity contribution is 7.85. The average molecular weight is 412 g/mol. The van der Waals surface area contributed by atoms with Gasteiger partial charge in [0, 0.05) is 10.6 Å². The van der Waals surface area contributed by atoms with E-state index in [0.717, 1.165) is 12.1 Å². The molecular formula is C19H19F3N2O3S. The number of amides is 2. The summed E-state index contributed by atoms with van der Waals surface area (Å²) >= 11 is 0. The predicted molar refractivity (Wildman–Crippen MR) is 98.6 cm³/mol. The van der Waals surface area contributed by atoms with Gasteiger partial charge in [-0.2, -0.15) is 13.2 Å². The van der Waals surface area contributed by atoms with Crippen molar-refractivity contribution in [1.29, 1.82) is 0 Å². The average Bonchev–Trinajstić information content (AvgIpc) is 2.65. The highest BCUT2D eigenvalue weighted by Crippen LogP contribution is 2.29. The molecule has 2 aromatic rings. The summed E-state index contributed by atoms with van der Waals surface area (Å²) in [5, 5.41) is 2.45. The van der Waals surface area contributed by atoms with Crippen LogP contribution >= 0.6 is 0 Å². The van der Waals surface area contributed by atoms with E-state index in [2.05, 4.69) is 5.32 Å². The van der Waals surface area contributed by atoms with Gasteiger partial charge in [-0.1, -0.05) is 30.3 Å². The number of rotatable bonds is 8. The fourth-order valence-corrected chi connectivity index (χ4v) is 3.59. The summed E-state index contributed by atoms with van der Waals surface area (Å²) in [7, 11) is -1.35. The summed E-state index contributed by atoms with van der Waals surface area (Å²) in [6, 6.07) is 11.8. The van der Waals surface area contributed by atoms with E-state index < -0.39 is 40.4 Å². The molecule has 150 valence electrons. The summed E-state index contributed by atoms with van der Waals surface area (Å²) in [6.07, 6.45) is -4.58. The minimum atomic E-state index is -4.45. The third-order valence-corrected chi connectivity index (χ3v) is 5.33. The molecule has 0 heterocycles. The highest BCUT2D eigenvalue weighted by atomic mass is 32.2. The number of halogens is 3. The van der Waals surface area contributed by atoms with E-state index in [1.165, 1.54) is 12.1 Å². The lowest BCUT2D eigenvalue weighted by Gasteiger charge is -2.15. The fourth-order valence-electron chi connectivity index (χ4n) is 2.44. The van der Waals surface area contributed by atoms with Crippen molar-refractivity contribution >= 4 is 22.6 Å². The van der Waals surface area contributed by atoms with Crippen LogP contribution in [0.3, 0.4) is 0 Å². The monoisotopic (exact) mass is 412 g/mol. The van der Waals surface area contributed by atoms with Gasteiger partial charge in [0.25, 0.3) is 0 Å². The summed E-state index contributed by atoms with van der Waals surface area (Å²) in [6.45, 7) is 0. The Bertz CT molecular complexity index is 840. The second kappa shape index (κ2) is 9.50. The van der Waals surface area contributed by atoms with E-state index >= 15 is 0 Å². The van der Waals surface area contributed by atoms with Crippen molar-refractivity contribution < 1.29 is 27.0 Å². The normalized spacial score (nSPS) is 13.5. The number of benzene rings is 2. The Kier molecular flexibility index (Phi) is 7.33. The van der Waals surface area contributed by atoms with E-state index in [0.29, 0.717) is 10.5 Å². The summed E-state index contributed by atoms with van der Waals surface area (Å²) in [5.74, 6) is -1.21. The molecule has 0 fully saturated rings. The van der Waals surface area contributed by atoms with E-state index in [4.69, 9.17) is 5.73 Å². The molecule has 0 saturated carbocycles. The number of nitrogens with two attached hydrogens (primary N) is 1. The zero-order valence-corrected chi connectivity index (χ0v) is 15.6. The Morgan fingerprint density at radius 2 is 1.64 bits per heavy atom. The van der Waals surface area contributed by atoms with E-state index in [1.54, 1.807) is 30.3 Å². The lowest BCUT2D eigenvalue weighted by molar-refractivity contribution is -0.137. The minimum absolute atomic E-state index is 0.0790. The van der Waals surface area contributed by atoms with Crippen LogP contribution in [-0.2, 0) is 33.0 Å². The van der Waals surface area contributed by atoms with Gasteiger partial charge in [0.2, 0.25) is 11.8 Å². The molecule has 0 saturated heterocycles. The second-order valence-corrected chi connectivity index (χ2v) is 7.62. The Balaban J connectivity index is 1.91. The lowest BCUT2D eigenvalue weighted by atomic mass is 10.1. The van der Waals surface area contributed by atoms with Crippen LogP contribution in [0, 0.1) is 0 Å². The van der Waals surface area contributed by atoms with Gasteiger partial charge >= 0.3 is 6.18 Å². The predicted octanol–water partition coefficient (Wildman–Crippen LogP) is 2.42. The number of nitrogens with one attached hydrogen (secondary N) is 1. The van der Waals surface area contributed by atoms with Gasteiger partial charge < -0.3 is 11.1 Å². The zero-order chi connectivity index (χ0) is 20.7. The molecule has 0 aromatic heterocycles. The summed E-state index contributed by atoms with van der Waals surface area (Å²) in [5.41, 5.74) is 4.85. The maximum atomic E-state index is 12.6. The molecule has 0 radical (unpaired) electrons. The lowest BCUT2D eigenvalue weighted by Crippen LogP contribution is -2.45. The van der Waals surface area contributed by atoms with Crippen LogP contribution in [0.15, 0.2) is 59.5 Å². The molecule has 2 atom stereocenters. The molecule has 5 nitrogen and oxygen atoms in total. The van der Waals surface area contributed by atoms with E-state index in [-0.39, 0.29) is 18.6 Å². The van der Waals surface area contributed by atoms with Crippen LogP contribution in [-0.4, -0.2) is 27.8 Å². The van der Waals surface area contributed by atoms with Crippen molar-refractivity contribution in [3.05, 3.63) is 65.7 Å². The van der Waals surface area contributed by atoms with Crippen molar-refractivity contribution in [2.75, 3.05) is 5.75 Å². The Hall–Kier alpha value is -2.68. The van der Waals surface area contributed by atoms with Gasteiger partial charge in [-0.05, 0) is 36.2 Å². The molecule has 9 heteroatoms. The Morgan fingerprint density at radius 1 is 1.04 bits per heavy atom. The Labute approximate surface area is 162 Å². The van der Waals surface area contributed by atoms with Crippen LogP contribution < -0.4 is 11.1 Å². The van der Waals surface area contributed by atoms with Crippen LogP contribution in [0.1, 0.15) is 17.5 Å². The van der Waals surface area contributed by atoms with Crippen molar-refractivity contribution in [3.63, 3.8) is 0 Å². The topological polar surface area (TPSA) is 89.3 Å². The number of carbonyl (C=O) groups excluding carboxylic acids is 2. The largest absolute Gasteiger partial charge is 0.416 e. The number of primary amides is 1. The molecule has 0 aliphatic carbocycles. The van der Waals surface area contributed by atoms with E-state index in [1.807, 2.05) is 0 Å². The number of hydrogen-bond acceptors (Lipinski definition) is 3. The minimum Gasteiger partial charge on any atom is -0.368 e. The van der Waals surface area contributed by atoms with Gasteiger partial charge in [0.1, 0.15) is 6.04 Å². The molecular weight excluding hydrogens is 393 g/mol. The zero-order valence-electron chi connectivity index (χ0n) is 14.7. The summed E-state index contributed by atoms with van der Waals surface area (Å²) < 4.78 is 49.9. The summed E-state index contributed by atoms with van der Waals surface area (Å²) in [4.78, 5) is 24.3. The Morgan fingerprint density at radius 3 is 2.18 bits per heavy atom. The molecule has 0 aliphatic heterocycles. The molecule has 2 aromatic carbocycles. The maximum Gasteiger partial charge on any atom is 0.416 e. The van der Waals surface area contributed by atoms with Crippen molar-refractivity contribution in [2.45, 2.75) is 30.0 Å². The number of carbonyl (C=O) groups is 2. The maximum absolute atomic E-state index is 12.6. The van der Waals surface area contributed by atoms with Gasteiger partial charge in [0.15, 0.2) is 0 Å². The quantitative estimate of drug-likeness (QED) is 0.698. The smallest absolute Gasteiger partial charge is 0.368 e. The first-order valence-corrected chi connectivity index (χ1v) is 9.67. The molecule has 0 unspecified atom stereocenters. The first-order chi connectivity index (χ1) is 13.2. The standard InChI is InChI=1S/C19H19F3N2O3S/c20-19(21,22)14-8-6-13(7-9-14)12-17(25)24-16(18(23)26)10-11-28(27)15-4-2-1-3-5-15/h1-9,16H,10-12H2,(H2,23,26)(H,24,25)/t16-,28+/m0/s1. The SMILES string of the molecule is NC(=O)[C@H](CC[S@@](=O)c1ccccc1)NC(=O)Cc1ccc(C(F)(F)F)cc1. The first kappa shape index (κ1) is 21.6. The second-order valence-electron chi connectivity index (χ2n) is 6.05. The van der Waals surface area contributed by atoms with E-state index in [9.17, 15) is 27.0 Å². The van der Waals surface area contributed by atoms with Gasteiger partial charge in [-0.25, -0.2) is 0 Å². The van der Waals surface area contributed by atoms with Gasteiger partial charge in [-0.15, -0.1) is 0 Å². The number of hydrogen-bond donors (Lipinski definition) is 2. The van der Waals surface area contributed by atoms with Gasteiger partial charge in [-0.3, -0.25) is 13.8 Å². The molecule has 28 heavy (non-hydrogen) atoms. The van der Waals surface area contributed by atoms with Crippen molar-refractivity contribution in [2.24, 2.45) is 5.73 Å². The van der Waals surface area contributed by atoms with Crippen LogP contribution in [0.25, 0.3) is 0 Å². The highest BCUT2D eigenvalue weighted by Gasteiger charge is 2.30.